The number of carboxylic acid groups (broad SMARTS) is 2. The summed E-state index contributed by atoms with van der Waals surface area (Å²) in [5.41, 5.74) is 0. The van der Waals surface area contributed by atoms with E-state index < -0.39 is 30.3 Å². The second-order valence-electron chi connectivity index (χ2n) is 8.02. The van der Waals surface area contributed by atoms with Crippen molar-refractivity contribution in [1.82, 2.24) is 5.32 Å². The molecule has 0 unspecified atom stereocenters. The van der Waals surface area contributed by atoms with Crippen molar-refractivity contribution in [2.75, 3.05) is 0 Å². The van der Waals surface area contributed by atoms with E-state index in [2.05, 4.69) is 23.5 Å². The number of aliphatic hydroxyl groups excluding tert-OH is 1. The van der Waals surface area contributed by atoms with Crippen molar-refractivity contribution in [3.05, 3.63) is 24.3 Å². The van der Waals surface area contributed by atoms with E-state index in [1.807, 2.05) is 13.0 Å². The van der Waals surface area contributed by atoms with E-state index in [4.69, 9.17) is 10.2 Å². The number of hydrogen-bond acceptors (Lipinski definition) is 4. The molecule has 0 saturated heterocycles. The van der Waals surface area contributed by atoms with Gasteiger partial charge < -0.3 is 20.6 Å². The van der Waals surface area contributed by atoms with E-state index in [-0.39, 0.29) is 12.5 Å². The van der Waals surface area contributed by atoms with Crippen LogP contribution in [0.2, 0.25) is 0 Å². The van der Waals surface area contributed by atoms with E-state index in [1.165, 1.54) is 25.7 Å². The van der Waals surface area contributed by atoms with E-state index in [9.17, 15) is 19.5 Å². The standard InChI is InChI=1S/C24H41NO6/c1-20(26)17-15-13-11-9-7-5-3-2-4-6-8-10-12-14-16-18-22(27)25-21(24(30)31)19-23(28)29/h9-12,20-21,26H,2-8,13-19H2,1H3,(H,25,27)(H,28,29)(H,30,31)/b11-9-,12-10-/t20-,21+/m1/s1. The number of hydrogen-bond donors (Lipinski definition) is 4. The second kappa shape index (κ2) is 19.8. The lowest BCUT2D eigenvalue weighted by atomic mass is 10.1. The number of carbonyl (C=O) groups is 3. The molecule has 0 aromatic heterocycles. The van der Waals surface area contributed by atoms with E-state index in [0.717, 1.165) is 44.9 Å². The summed E-state index contributed by atoms with van der Waals surface area (Å²) in [5, 5.41) is 29.0. The van der Waals surface area contributed by atoms with Gasteiger partial charge >= 0.3 is 11.9 Å². The highest BCUT2D eigenvalue weighted by Crippen LogP contribution is 2.09. The molecule has 1 amide bonds. The van der Waals surface area contributed by atoms with Gasteiger partial charge in [0.05, 0.1) is 12.5 Å². The van der Waals surface area contributed by atoms with Crippen LogP contribution in [0.1, 0.15) is 96.8 Å². The molecule has 0 bridgehead atoms. The van der Waals surface area contributed by atoms with Crippen LogP contribution in [0.25, 0.3) is 0 Å². The summed E-state index contributed by atoms with van der Waals surface area (Å²) in [5.74, 6) is -3.03. The molecule has 0 aromatic carbocycles. The molecule has 7 nitrogen and oxygen atoms in total. The molecule has 0 aliphatic carbocycles. The van der Waals surface area contributed by atoms with Crippen LogP contribution >= 0.6 is 0 Å². The number of carbonyl (C=O) groups excluding carboxylic acids is 1. The summed E-state index contributed by atoms with van der Waals surface area (Å²) >= 11 is 0. The average Bonchev–Trinajstić information content (AvgIpc) is 2.69. The minimum Gasteiger partial charge on any atom is -0.481 e. The molecule has 31 heavy (non-hydrogen) atoms. The highest BCUT2D eigenvalue weighted by atomic mass is 16.4. The Morgan fingerprint density at radius 3 is 1.74 bits per heavy atom. The molecular weight excluding hydrogens is 398 g/mol. The molecule has 0 radical (unpaired) electrons. The van der Waals surface area contributed by atoms with Gasteiger partial charge in [0.1, 0.15) is 6.04 Å². The number of carboxylic acids is 2. The predicted octanol–water partition coefficient (Wildman–Crippen LogP) is 4.60. The number of nitrogens with one attached hydrogen (secondary N) is 1. The maximum atomic E-state index is 11.7. The first-order valence-electron chi connectivity index (χ1n) is 11.5. The first-order valence-corrected chi connectivity index (χ1v) is 11.5. The minimum absolute atomic E-state index is 0.183. The summed E-state index contributed by atoms with van der Waals surface area (Å²) in [7, 11) is 0. The first kappa shape index (κ1) is 28.9. The van der Waals surface area contributed by atoms with Crippen LogP contribution in [0.5, 0.6) is 0 Å². The van der Waals surface area contributed by atoms with Gasteiger partial charge in [-0.25, -0.2) is 4.79 Å². The van der Waals surface area contributed by atoms with Crippen LogP contribution in [0.3, 0.4) is 0 Å². The minimum atomic E-state index is -1.38. The number of aliphatic carboxylic acids is 2. The van der Waals surface area contributed by atoms with Crippen LogP contribution in [0, 0.1) is 0 Å². The maximum Gasteiger partial charge on any atom is 0.326 e. The molecule has 0 spiro atoms. The van der Waals surface area contributed by atoms with Crippen molar-refractivity contribution in [3.63, 3.8) is 0 Å². The van der Waals surface area contributed by atoms with E-state index in [1.54, 1.807) is 0 Å². The van der Waals surface area contributed by atoms with Crippen LogP contribution < -0.4 is 5.32 Å². The fraction of sp³-hybridized carbons (Fsp3) is 0.708. The quantitative estimate of drug-likeness (QED) is 0.162. The molecule has 7 heteroatoms. The molecule has 2 atom stereocenters. The summed E-state index contributed by atoms with van der Waals surface area (Å²) in [6, 6.07) is -1.38. The Bertz CT molecular complexity index is 556. The zero-order valence-electron chi connectivity index (χ0n) is 18.9. The Morgan fingerprint density at radius 1 is 0.774 bits per heavy atom. The molecular formula is C24H41NO6. The fourth-order valence-electron chi connectivity index (χ4n) is 3.08. The van der Waals surface area contributed by atoms with Gasteiger partial charge in [-0.1, -0.05) is 43.6 Å². The Balaban J connectivity index is 3.53. The molecule has 0 aliphatic rings. The monoisotopic (exact) mass is 439 g/mol. The Hall–Kier alpha value is -2.15. The Morgan fingerprint density at radius 2 is 1.26 bits per heavy atom. The largest absolute Gasteiger partial charge is 0.481 e. The lowest BCUT2D eigenvalue weighted by Crippen LogP contribution is -2.42. The average molecular weight is 440 g/mol. The van der Waals surface area contributed by atoms with Gasteiger partial charge in [-0.15, -0.1) is 0 Å². The predicted molar refractivity (Wildman–Crippen MR) is 122 cm³/mol. The van der Waals surface area contributed by atoms with Gasteiger partial charge in [-0.3, -0.25) is 9.59 Å². The third-order valence-electron chi connectivity index (χ3n) is 4.85. The van der Waals surface area contributed by atoms with Crippen molar-refractivity contribution in [2.45, 2.75) is 109 Å². The highest BCUT2D eigenvalue weighted by molar-refractivity contribution is 5.86. The summed E-state index contributed by atoms with van der Waals surface area (Å²) in [4.78, 5) is 33.2. The lowest BCUT2D eigenvalue weighted by molar-refractivity contribution is -0.147. The molecule has 178 valence electrons. The number of amides is 1. The van der Waals surface area contributed by atoms with Gasteiger partial charge in [-0.2, -0.15) is 0 Å². The third-order valence-corrected chi connectivity index (χ3v) is 4.85. The van der Waals surface area contributed by atoms with Crippen molar-refractivity contribution >= 4 is 17.8 Å². The van der Waals surface area contributed by atoms with Gasteiger partial charge in [0.15, 0.2) is 0 Å². The molecule has 4 N–H and O–H groups in total. The van der Waals surface area contributed by atoms with Gasteiger partial charge in [0, 0.05) is 6.42 Å². The van der Waals surface area contributed by atoms with E-state index in [0.29, 0.717) is 6.42 Å². The number of rotatable bonds is 20. The number of unbranched alkanes of at least 4 members (excludes halogenated alkanes) is 8. The SMILES string of the molecule is C[C@@H](O)CCC/C=C\CCCCCCC/C=C\CCCC(=O)N[C@@H](CC(=O)O)C(=O)O. The topological polar surface area (TPSA) is 124 Å². The molecule has 0 aromatic rings. The zero-order valence-corrected chi connectivity index (χ0v) is 18.9. The highest BCUT2D eigenvalue weighted by Gasteiger charge is 2.22. The second-order valence-corrected chi connectivity index (χ2v) is 8.02. The fourth-order valence-corrected chi connectivity index (χ4v) is 3.08. The third kappa shape index (κ3) is 20.9. The number of aliphatic hydroxyl groups is 1. The molecule has 0 aliphatic heterocycles. The molecule has 0 heterocycles. The molecule has 0 fully saturated rings. The molecule has 0 saturated carbocycles. The maximum absolute atomic E-state index is 11.7. The van der Waals surface area contributed by atoms with Crippen molar-refractivity contribution in [3.8, 4) is 0 Å². The zero-order chi connectivity index (χ0) is 23.3. The van der Waals surface area contributed by atoms with Crippen LogP contribution in [-0.2, 0) is 14.4 Å². The van der Waals surface area contributed by atoms with E-state index >= 15 is 0 Å². The Labute approximate surface area is 186 Å². The molecule has 0 rings (SSSR count). The van der Waals surface area contributed by atoms with Crippen LogP contribution in [0.4, 0.5) is 0 Å². The summed E-state index contributed by atoms with van der Waals surface area (Å²) in [6.45, 7) is 1.83. The summed E-state index contributed by atoms with van der Waals surface area (Å²) < 4.78 is 0. The smallest absolute Gasteiger partial charge is 0.326 e. The summed E-state index contributed by atoms with van der Waals surface area (Å²) in [6.07, 6.45) is 20.6. The van der Waals surface area contributed by atoms with Crippen molar-refractivity contribution in [1.29, 1.82) is 0 Å². The first-order chi connectivity index (χ1) is 14.8. The normalized spacial score (nSPS) is 13.5. The lowest BCUT2D eigenvalue weighted by Gasteiger charge is -2.11. The number of allylic oxidation sites excluding steroid dienone is 4. The van der Waals surface area contributed by atoms with Gasteiger partial charge in [0.25, 0.3) is 0 Å². The van der Waals surface area contributed by atoms with Gasteiger partial charge in [-0.05, 0) is 64.7 Å². The van der Waals surface area contributed by atoms with Gasteiger partial charge in [0.2, 0.25) is 5.91 Å². The van der Waals surface area contributed by atoms with Crippen LogP contribution in [0.15, 0.2) is 24.3 Å². The van der Waals surface area contributed by atoms with Crippen molar-refractivity contribution < 1.29 is 29.7 Å². The van der Waals surface area contributed by atoms with Crippen molar-refractivity contribution in [2.24, 2.45) is 0 Å². The Kier molecular flexibility index (Phi) is 18.4. The van der Waals surface area contributed by atoms with Crippen LogP contribution in [-0.4, -0.2) is 45.3 Å².